The summed E-state index contributed by atoms with van der Waals surface area (Å²) in [6.07, 6.45) is 8.38. The molecule has 0 N–H and O–H groups in total. The molecule has 2 aromatic rings. The van der Waals surface area contributed by atoms with Gasteiger partial charge in [0, 0.05) is 44.1 Å². The van der Waals surface area contributed by atoms with Crippen LogP contribution in [0.2, 0.25) is 0 Å². The van der Waals surface area contributed by atoms with Crippen molar-refractivity contribution in [2.45, 2.75) is 33.1 Å². The van der Waals surface area contributed by atoms with Crippen LogP contribution >= 0.6 is 0 Å². The zero-order valence-corrected chi connectivity index (χ0v) is 14.6. The highest BCUT2D eigenvalue weighted by Crippen LogP contribution is 2.23. The summed E-state index contributed by atoms with van der Waals surface area (Å²) in [5, 5.41) is 0. The fourth-order valence-electron chi connectivity index (χ4n) is 3.34. The Bertz CT molecular complexity index is 709. The molecule has 1 aliphatic heterocycles. The van der Waals surface area contributed by atoms with Gasteiger partial charge in [0.25, 0.3) is 0 Å². The van der Waals surface area contributed by atoms with Crippen molar-refractivity contribution in [3.05, 3.63) is 30.5 Å². The van der Waals surface area contributed by atoms with E-state index in [9.17, 15) is 4.79 Å². The molecule has 0 spiro atoms. The minimum atomic E-state index is 0.0674. The van der Waals surface area contributed by atoms with Gasteiger partial charge in [0.05, 0.1) is 0 Å². The molecule has 2 aromatic heterocycles. The highest BCUT2D eigenvalue weighted by molar-refractivity contribution is 5.78. The molecular weight excluding hydrogens is 302 g/mol. The molecule has 0 unspecified atom stereocenters. The number of hydrogen-bond acceptors (Lipinski definition) is 4. The molecule has 0 radical (unpaired) electrons. The largest absolute Gasteiger partial charge is 0.342 e. The Labute approximate surface area is 142 Å². The zero-order chi connectivity index (χ0) is 17.1. The average molecular weight is 327 g/mol. The number of amides is 1. The van der Waals surface area contributed by atoms with E-state index in [4.69, 9.17) is 0 Å². The smallest absolute Gasteiger partial charge is 0.225 e. The van der Waals surface area contributed by atoms with E-state index in [1.807, 2.05) is 42.6 Å². The molecule has 24 heavy (non-hydrogen) atoms. The van der Waals surface area contributed by atoms with Gasteiger partial charge < -0.3 is 9.47 Å². The summed E-state index contributed by atoms with van der Waals surface area (Å²) in [5.74, 6) is 1.64. The number of imidazole rings is 1. The number of aromatic nitrogens is 4. The lowest BCUT2D eigenvalue weighted by atomic mass is 9.92. The Hall–Kier alpha value is -2.24. The SMILES string of the molecule is CC(C)C(=O)N1CCC[C@H](Cc2cc(-c3nccn3C)ncn2)C1. The Morgan fingerprint density at radius 2 is 2.17 bits per heavy atom. The molecule has 6 heteroatoms. The lowest BCUT2D eigenvalue weighted by Gasteiger charge is -2.33. The lowest BCUT2D eigenvalue weighted by molar-refractivity contribution is -0.136. The summed E-state index contributed by atoms with van der Waals surface area (Å²) >= 11 is 0. The van der Waals surface area contributed by atoms with E-state index in [1.165, 1.54) is 0 Å². The Kier molecular flexibility index (Phi) is 4.92. The summed E-state index contributed by atoms with van der Waals surface area (Å²) in [6.45, 7) is 5.65. The van der Waals surface area contributed by atoms with Crippen molar-refractivity contribution in [2.75, 3.05) is 13.1 Å². The predicted molar refractivity (Wildman–Crippen MR) is 92.1 cm³/mol. The minimum absolute atomic E-state index is 0.0674. The highest BCUT2D eigenvalue weighted by Gasteiger charge is 2.25. The zero-order valence-electron chi connectivity index (χ0n) is 14.6. The van der Waals surface area contributed by atoms with Crippen LogP contribution in [0.5, 0.6) is 0 Å². The van der Waals surface area contributed by atoms with Crippen LogP contribution in [0.1, 0.15) is 32.4 Å². The third-order valence-electron chi connectivity index (χ3n) is 4.60. The van der Waals surface area contributed by atoms with Crippen LogP contribution in [0.4, 0.5) is 0 Å². The standard InChI is InChI=1S/C18H25N5O/c1-13(2)18(24)23-7-4-5-14(11-23)9-15-10-16(21-12-20-15)17-19-6-8-22(17)3/h6,8,10,12-14H,4-5,7,9,11H2,1-3H3/t14-/m1/s1. The molecule has 3 rings (SSSR count). The van der Waals surface area contributed by atoms with E-state index in [2.05, 4.69) is 15.0 Å². The minimum Gasteiger partial charge on any atom is -0.342 e. The lowest BCUT2D eigenvalue weighted by Crippen LogP contribution is -2.42. The van der Waals surface area contributed by atoms with E-state index < -0.39 is 0 Å². The third kappa shape index (κ3) is 3.63. The van der Waals surface area contributed by atoms with Gasteiger partial charge >= 0.3 is 0 Å². The first-order chi connectivity index (χ1) is 11.5. The highest BCUT2D eigenvalue weighted by atomic mass is 16.2. The van der Waals surface area contributed by atoms with E-state index in [1.54, 1.807) is 12.5 Å². The maximum atomic E-state index is 12.2. The van der Waals surface area contributed by atoms with Gasteiger partial charge in [-0.15, -0.1) is 0 Å². The summed E-state index contributed by atoms with van der Waals surface area (Å²) in [7, 11) is 1.96. The van der Waals surface area contributed by atoms with Crippen LogP contribution in [-0.2, 0) is 18.3 Å². The number of piperidine rings is 1. The Morgan fingerprint density at radius 1 is 1.33 bits per heavy atom. The van der Waals surface area contributed by atoms with Gasteiger partial charge in [0.1, 0.15) is 12.0 Å². The van der Waals surface area contributed by atoms with Gasteiger partial charge in [0.2, 0.25) is 5.91 Å². The number of carbonyl (C=O) groups excluding carboxylic acids is 1. The molecule has 3 heterocycles. The monoisotopic (exact) mass is 327 g/mol. The van der Waals surface area contributed by atoms with Crippen molar-refractivity contribution >= 4 is 5.91 Å². The topological polar surface area (TPSA) is 63.9 Å². The molecule has 0 bridgehead atoms. The van der Waals surface area contributed by atoms with Crippen LogP contribution in [0, 0.1) is 11.8 Å². The van der Waals surface area contributed by atoms with Crippen LogP contribution < -0.4 is 0 Å². The van der Waals surface area contributed by atoms with E-state index >= 15 is 0 Å². The molecule has 1 fully saturated rings. The van der Waals surface area contributed by atoms with Gasteiger partial charge in [-0.3, -0.25) is 4.79 Å². The molecule has 1 atom stereocenters. The third-order valence-corrected chi connectivity index (χ3v) is 4.60. The van der Waals surface area contributed by atoms with Crippen LogP contribution in [0.15, 0.2) is 24.8 Å². The van der Waals surface area contributed by atoms with Crippen molar-refractivity contribution in [3.63, 3.8) is 0 Å². The van der Waals surface area contributed by atoms with Gasteiger partial charge in [-0.25, -0.2) is 15.0 Å². The molecule has 128 valence electrons. The molecule has 1 saturated heterocycles. The van der Waals surface area contributed by atoms with Crippen molar-refractivity contribution in [3.8, 4) is 11.5 Å². The van der Waals surface area contributed by atoms with E-state index in [0.717, 1.165) is 49.6 Å². The normalized spacial score (nSPS) is 18.2. The first kappa shape index (κ1) is 16.6. The van der Waals surface area contributed by atoms with Crippen molar-refractivity contribution in [1.82, 2.24) is 24.4 Å². The molecule has 1 amide bonds. The summed E-state index contributed by atoms with van der Waals surface area (Å²) in [6, 6.07) is 2.02. The van der Waals surface area contributed by atoms with Crippen LogP contribution in [-0.4, -0.2) is 43.4 Å². The van der Waals surface area contributed by atoms with Crippen LogP contribution in [0.25, 0.3) is 11.5 Å². The molecular formula is C18H25N5O. The van der Waals surface area contributed by atoms with Gasteiger partial charge in [-0.05, 0) is 31.2 Å². The Balaban J connectivity index is 1.70. The summed E-state index contributed by atoms with van der Waals surface area (Å²) < 4.78 is 1.95. The van der Waals surface area contributed by atoms with Crippen molar-refractivity contribution in [2.24, 2.45) is 18.9 Å². The number of likely N-dealkylation sites (tertiary alicyclic amines) is 1. The molecule has 0 saturated carbocycles. The van der Waals surface area contributed by atoms with Crippen molar-refractivity contribution in [1.29, 1.82) is 0 Å². The molecule has 6 nitrogen and oxygen atoms in total. The Morgan fingerprint density at radius 3 is 2.88 bits per heavy atom. The predicted octanol–water partition coefficient (Wildman–Crippen LogP) is 2.31. The van der Waals surface area contributed by atoms with E-state index in [0.29, 0.717) is 5.92 Å². The fraction of sp³-hybridized carbons (Fsp3) is 0.556. The second-order valence-electron chi connectivity index (χ2n) is 6.91. The first-order valence-electron chi connectivity index (χ1n) is 8.62. The molecule has 0 aliphatic carbocycles. The summed E-state index contributed by atoms with van der Waals surface area (Å²) in [5.41, 5.74) is 1.87. The maximum absolute atomic E-state index is 12.2. The quantitative estimate of drug-likeness (QED) is 0.864. The summed E-state index contributed by atoms with van der Waals surface area (Å²) in [4.78, 5) is 27.4. The maximum Gasteiger partial charge on any atom is 0.225 e. The van der Waals surface area contributed by atoms with Gasteiger partial charge in [-0.1, -0.05) is 13.8 Å². The second kappa shape index (κ2) is 7.11. The van der Waals surface area contributed by atoms with Gasteiger partial charge in [-0.2, -0.15) is 0 Å². The average Bonchev–Trinajstić information content (AvgIpc) is 3.00. The van der Waals surface area contributed by atoms with Crippen molar-refractivity contribution < 1.29 is 4.79 Å². The number of rotatable bonds is 4. The second-order valence-corrected chi connectivity index (χ2v) is 6.91. The van der Waals surface area contributed by atoms with Gasteiger partial charge in [0.15, 0.2) is 5.82 Å². The van der Waals surface area contributed by atoms with Crippen LogP contribution in [0.3, 0.4) is 0 Å². The number of aryl methyl sites for hydroxylation is 1. The number of hydrogen-bond donors (Lipinski definition) is 0. The number of nitrogens with zero attached hydrogens (tertiary/aromatic N) is 5. The fourth-order valence-corrected chi connectivity index (χ4v) is 3.34. The van der Waals surface area contributed by atoms with E-state index in [-0.39, 0.29) is 11.8 Å². The first-order valence-corrected chi connectivity index (χ1v) is 8.62. The molecule has 1 aliphatic rings. The number of carbonyl (C=O) groups is 1. The molecule has 0 aromatic carbocycles.